The summed E-state index contributed by atoms with van der Waals surface area (Å²) >= 11 is 6.14. The largest absolute Gasteiger partial charge is 0.511 e. The summed E-state index contributed by atoms with van der Waals surface area (Å²) in [4.78, 5) is 52.9. The number of esters is 1. The Hall–Kier alpha value is -4.02. The topological polar surface area (TPSA) is 176 Å². The molecule has 0 radical (unpaired) electrons. The molecule has 37 heavy (non-hydrogen) atoms. The zero-order valence-electron chi connectivity index (χ0n) is 19.1. The Morgan fingerprint density at radius 2 is 1.68 bits per heavy atom. The minimum absolute atomic E-state index is 0.107. The number of alkyl halides is 3. The summed E-state index contributed by atoms with van der Waals surface area (Å²) < 4.78 is 59.9. The standard InChI is InChI=1S/C19H18ClF3N2O12/c1-8-4-14-12(9(2)15(8)20)5-13(16(37-14)19(21,22)23)17(26)34-10(3)35-18(27)36-11(6-32-24(28)29)7-33-25(30)31/h4-5,10-11,16H,6-7H2,1-3H3/t10?,16-/m0/s1. The first-order valence-corrected chi connectivity index (χ1v) is 10.4. The van der Waals surface area contributed by atoms with E-state index in [0.717, 1.165) is 13.0 Å². The molecule has 1 heterocycles. The van der Waals surface area contributed by atoms with Crippen molar-refractivity contribution in [2.45, 2.75) is 45.4 Å². The molecule has 2 atom stereocenters. The number of carbonyl (C=O) groups is 2. The highest BCUT2D eigenvalue weighted by molar-refractivity contribution is 6.32. The van der Waals surface area contributed by atoms with Crippen molar-refractivity contribution in [3.05, 3.63) is 53.6 Å². The van der Waals surface area contributed by atoms with Crippen LogP contribution in [-0.4, -0.2) is 60.2 Å². The number of carbonyl (C=O) groups excluding carboxylic acids is 2. The van der Waals surface area contributed by atoms with Crippen molar-refractivity contribution in [1.29, 1.82) is 0 Å². The second-order valence-corrected chi connectivity index (χ2v) is 7.68. The first-order valence-electron chi connectivity index (χ1n) is 9.97. The van der Waals surface area contributed by atoms with Crippen molar-refractivity contribution in [2.24, 2.45) is 0 Å². The summed E-state index contributed by atoms with van der Waals surface area (Å²) in [6.45, 7) is 2.05. The third-order valence-corrected chi connectivity index (χ3v) is 5.16. The Bertz CT molecular complexity index is 1090. The molecule has 1 aromatic rings. The fourth-order valence-corrected chi connectivity index (χ4v) is 3.15. The summed E-state index contributed by atoms with van der Waals surface area (Å²) in [6.07, 6.45) is -12.1. The van der Waals surface area contributed by atoms with E-state index in [1.165, 1.54) is 13.0 Å². The lowest BCUT2D eigenvalue weighted by molar-refractivity contribution is -0.768. The molecule has 204 valence electrons. The predicted molar refractivity (Wildman–Crippen MR) is 112 cm³/mol. The van der Waals surface area contributed by atoms with Gasteiger partial charge in [-0.1, -0.05) is 11.6 Å². The molecule has 0 saturated heterocycles. The molecular weight excluding hydrogens is 541 g/mol. The number of nitrogens with zero attached hydrogens (tertiary/aromatic N) is 2. The minimum Gasteiger partial charge on any atom is -0.475 e. The van der Waals surface area contributed by atoms with E-state index >= 15 is 0 Å². The highest BCUT2D eigenvalue weighted by atomic mass is 35.5. The second-order valence-electron chi connectivity index (χ2n) is 7.30. The molecule has 0 aliphatic carbocycles. The summed E-state index contributed by atoms with van der Waals surface area (Å²) in [5.74, 6) is -1.72. The maximum absolute atomic E-state index is 13.7. The first kappa shape index (κ1) is 29.2. The van der Waals surface area contributed by atoms with E-state index in [0.29, 0.717) is 11.1 Å². The van der Waals surface area contributed by atoms with Crippen LogP contribution in [0.2, 0.25) is 5.02 Å². The lowest BCUT2D eigenvalue weighted by Crippen LogP contribution is -2.41. The quantitative estimate of drug-likeness (QED) is 0.177. The van der Waals surface area contributed by atoms with Crippen LogP contribution in [-0.2, 0) is 28.7 Å². The smallest absolute Gasteiger partial charge is 0.475 e. The fraction of sp³-hybridized carbons (Fsp3) is 0.474. The van der Waals surface area contributed by atoms with Crippen molar-refractivity contribution in [1.82, 2.24) is 0 Å². The van der Waals surface area contributed by atoms with Gasteiger partial charge in [-0.3, -0.25) is 0 Å². The number of hydrogen-bond donors (Lipinski definition) is 0. The van der Waals surface area contributed by atoms with E-state index in [1.807, 2.05) is 0 Å². The Labute approximate surface area is 209 Å². The number of rotatable bonds is 10. The molecule has 1 aliphatic rings. The Morgan fingerprint density at radius 1 is 1.11 bits per heavy atom. The zero-order chi connectivity index (χ0) is 28.1. The number of fused-ring (bicyclic) bond motifs is 1. The van der Waals surface area contributed by atoms with Crippen LogP contribution in [0.15, 0.2) is 11.6 Å². The lowest BCUT2D eigenvalue weighted by atomic mass is 9.96. The van der Waals surface area contributed by atoms with Gasteiger partial charge in [0.25, 0.3) is 10.2 Å². The number of halogens is 4. The molecule has 1 aliphatic heterocycles. The summed E-state index contributed by atoms with van der Waals surface area (Å²) in [7, 11) is 0. The Balaban J connectivity index is 2.15. The van der Waals surface area contributed by atoms with Crippen LogP contribution >= 0.6 is 11.6 Å². The highest BCUT2D eigenvalue weighted by Gasteiger charge is 2.49. The Morgan fingerprint density at radius 3 is 2.19 bits per heavy atom. The molecule has 14 nitrogen and oxygen atoms in total. The molecule has 0 spiro atoms. The van der Waals surface area contributed by atoms with E-state index in [9.17, 15) is 43.0 Å². The molecule has 0 fully saturated rings. The van der Waals surface area contributed by atoms with Crippen LogP contribution in [0.4, 0.5) is 18.0 Å². The van der Waals surface area contributed by atoms with Gasteiger partial charge in [0.2, 0.25) is 12.4 Å². The van der Waals surface area contributed by atoms with Crippen molar-refractivity contribution in [2.75, 3.05) is 13.2 Å². The molecule has 18 heteroatoms. The van der Waals surface area contributed by atoms with Gasteiger partial charge in [0.1, 0.15) is 19.0 Å². The molecule has 0 aromatic heterocycles. The number of ether oxygens (including phenoxy) is 4. The summed E-state index contributed by atoms with van der Waals surface area (Å²) in [5.41, 5.74) is -0.0707. The lowest BCUT2D eigenvalue weighted by Gasteiger charge is -2.29. The maximum atomic E-state index is 13.7. The molecule has 0 saturated carbocycles. The van der Waals surface area contributed by atoms with Crippen LogP contribution in [0.1, 0.15) is 23.6 Å². The molecule has 0 amide bonds. The van der Waals surface area contributed by atoms with Crippen LogP contribution in [0.25, 0.3) is 6.08 Å². The van der Waals surface area contributed by atoms with Crippen LogP contribution < -0.4 is 4.74 Å². The summed E-state index contributed by atoms with van der Waals surface area (Å²) in [5, 5.41) is 18.3. The number of benzene rings is 1. The van der Waals surface area contributed by atoms with Gasteiger partial charge < -0.3 is 28.6 Å². The second kappa shape index (κ2) is 11.8. The van der Waals surface area contributed by atoms with Gasteiger partial charge in [-0.15, -0.1) is 20.2 Å². The maximum Gasteiger partial charge on any atom is 0.511 e. The normalized spacial score (nSPS) is 15.5. The van der Waals surface area contributed by atoms with E-state index in [2.05, 4.69) is 19.1 Å². The molecule has 1 aromatic carbocycles. The van der Waals surface area contributed by atoms with Gasteiger partial charge in [-0.2, -0.15) is 13.2 Å². The van der Waals surface area contributed by atoms with Gasteiger partial charge >= 0.3 is 18.3 Å². The van der Waals surface area contributed by atoms with Crippen molar-refractivity contribution in [3.63, 3.8) is 0 Å². The van der Waals surface area contributed by atoms with Crippen molar-refractivity contribution >= 4 is 29.8 Å². The van der Waals surface area contributed by atoms with Crippen LogP contribution in [0, 0.1) is 34.1 Å². The van der Waals surface area contributed by atoms with E-state index < -0.39 is 65.8 Å². The molecule has 1 unspecified atom stereocenters. The number of aryl methyl sites for hydroxylation is 1. The molecule has 0 bridgehead atoms. The first-order chi connectivity index (χ1) is 17.1. The van der Waals surface area contributed by atoms with Crippen LogP contribution in [0.5, 0.6) is 5.75 Å². The molecular formula is C19H18ClF3N2O12. The molecule has 0 N–H and O–H groups in total. The Kier molecular flexibility index (Phi) is 9.32. The van der Waals surface area contributed by atoms with E-state index in [1.54, 1.807) is 6.92 Å². The van der Waals surface area contributed by atoms with Gasteiger partial charge in [-0.25, -0.2) is 9.59 Å². The third-order valence-electron chi connectivity index (χ3n) is 4.58. The SMILES string of the molecule is Cc1cc2c(c(C)c1Cl)C=C(C(=O)OC(C)OC(=O)OC(CO[N+](=O)[O-])CO[N+](=O)[O-])[C@@H](C(F)(F)F)O2. The van der Waals surface area contributed by atoms with E-state index in [-0.39, 0.29) is 16.3 Å². The highest BCUT2D eigenvalue weighted by Crippen LogP contribution is 2.41. The van der Waals surface area contributed by atoms with Crippen molar-refractivity contribution < 1.29 is 61.6 Å². The summed E-state index contributed by atoms with van der Waals surface area (Å²) in [6, 6.07) is 1.28. The van der Waals surface area contributed by atoms with Gasteiger partial charge in [0.15, 0.2) is 6.10 Å². The van der Waals surface area contributed by atoms with Gasteiger partial charge in [-0.05, 0) is 37.1 Å². The average molecular weight is 559 g/mol. The van der Waals surface area contributed by atoms with E-state index in [4.69, 9.17) is 21.1 Å². The zero-order valence-corrected chi connectivity index (χ0v) is 19.9. The third kappa shape index (κ3) is 7.99. The average Bonchev–Trinajstić information content (AvgIpc) is 2.77. The van der Waals surface area contributed by atoms with Gasteiger partial charge in [0.05, 0.1) is 5.57 Å². The van der Waals surface area contributed by atoms with Crippen molar-refractivity contribution in [3.8, 4) is 5.75 Å². The molecule has 2 rings (SSSR count). The fourth-order valence-electron chi connectivity index (χ4n) is 2.99. The van der Waals surface area contributed by atoms with Gasteiger partial charge in [0, 0.05) is 17.5 Å². The number of hydrogen-bond acceptors (Lipinski definition) is 12. The predicted octanol–water partition coefficient (Wildman–Crippen LogP) is 3.49. The van der Waals surface area contributed by atoms with Crippen LogP contribution in [0.3, 0.4) is 0 Å². The minimum atomic E-state index is -5.03. The monoisotopic (exact) mass is 558 g/mol.